The number of ether oxygens (including phenoxy) is 1. The maximum absolute atomic E-state index is 12.3. The van der Waals surface area contributed by atoms with E-state index in [1.807, 2.05) is 43.0 Å². The normalized spacial score (nSPS) is 24.8. The van der Waals surface area contributed by atoms with Crippen LogP contribution in [0.3, 0.4) is 0 Å². The molecule has 1 aromatic rings. The Bertz CT molecular complexity index is 412. The summed E-state index contributed by atoms with van der Waals surface area (Å²) in [5, 5.41) is 0. The van der Waals surface area contributed by atoms with Crippen LogP contribution in [-0.2, 0) is 4.74 Å². The monoisotopic (exact) mass is 251 g/mol. The van der Waals surface area contributed by atoms with Crippen LogP contribution in [0, 0.1) is 0 Å². The SMILES string of the molecule is C[C@@H]1CN(C(=O)c2ccccc2S)C[C@H](C)O1. The van der Waals surface area contributed by atoms with E-state index < -0.39 is 0 Å². The van der Waals surface area contributed by atoms with Crippen LogP contribution in [0.25, 0.3) is 0 Å². The van der Waals surface area contributed by atoms with E-state index in [0.29, 0.717) is 18.7 Å². The fourth-order valence-corrected chi connectivity index (χ4v) is 2.42. The average molecular weight is 251 g/mol. The molecule has 0 aromatic heterocycles. The third-order valence-corrected chi connectivity index (χ3v) is 3.23. The molecule has 92 valence electrons. The molecule has 2 rings (SSSR count). The van der Waals surface area contributed by atoms with Crippen molar-refractivity contribution in [1.82, 2.24) is 4.90 Å². The lowest BCUT2D eigenvalue weighted by molar-refractivity contribution is -0.0586. The first-order chi connectivity index (χ1) is 8.08. The van der Waals surface area contributed by atoms with Gasteiger partial charge >= 0.3 is 0 Å². The van der Waals surface area contributed by atoms with Crippen molar-refractivity contribution in [2.75, 3.05) is 13.1 Å². The van der Waals surface area contributed by atoms with Gasteiger partial charge in [0.25, 0.3) is 5.91 Å². The summed E-state index contributed by atoms with van der Waals surface area (Å²) in [6, 6.07) is 7.39. The maximum Gasteiger partial charge on any atom is 0.255 e. The lowest BCUT2D eigenvalue weighted by atomic mass is 10.1. The lowest BCUT2D eigenvalue weighted by Gasteiger charge is -2.35. The molecule has 0 radical (unpaired) electrons. The molecule has 4 heteroatoms. The van der Waals surface area contributed by atoms with Gasteiger partial charge in [-0.15, -0.1) is 12.6 Å². The summed E-state index contributed by atoms with van der Waals surface area (Å²) in [6.45, 7) is 5.27. The van der Waals surface area contributed by atoms with Crippen molar-refractivity contribution in [2.24, 2.45) is 0 Å². The van der Waals surface area contributed by atoms with Gasteiger partial charge in [-0.2, -0.15) is 0 Å². The van der Waals surface area contributed by atoms with Crippen LogP contribution < -0.4 is 0 Å². The van der Waals surface area contributed by atoms with E-state index in [0.717, 1.165) is 4.90 Å². The molecule has 0 aliphatic carbocycles. The number of hydrogen-bond acceptors (Lipinski definition) is 3. The van der Waals surface area contributed by atoms with Gasteiger partial charge in [0.05, 0.1) is 17.8 Å². The van der Waals surface area contributed by atoms with Gasteiger partial charge in [-0.1, -0.05) is 12.1 Å². The van der Waals surface area contributed by atoms with Crippen LogP contribution in [0.1, 0.15) is 24.2 Å². The Balaban J connectivity index is 2.17. The highest BCUT2D eigenvalue weighted by Gasteiger charge is 2.27. The number of carbonyl (C=O) groups excluding carboxylic acids is 1. The Morgan fingerprint density at radius 1 is 1.29 bits per heavy atom. The smallest absolute Gasteiger partial charge is 0.255 e. The summed E-state index contributed by atoms with van der Waals surface area (Å²) in [7, 11) is 0. The molecule has 1 saturated heterocycles. The van der Waals surface area contributed by atoms with E-state index >= 15 is 0 Å². The van der Waals surface area contributed by atoms with Gasteiger partial charge in [-0.25, -0.2) is 0 Å². The van der Waals surface area contributed by atoms with E-state index in [4.69, 9.17) is 4.74 Å². The zero-order valence-corrected chi connectivity index (χ0v) is 11.0. The standard InChI is InChI=1S/C13H17NO2S/c1-9-7-14(8-10(2)16-9)13(15)11-5-3-4-6-12(11)17/h3-6,9-10,17H,7-8H2,1-2H3/t9-,10+. The predicted molar refractivity (Wildman–Crippen MR) is 69.6 cm³/mol. The molecular weight excluding hydrogens is 234 g/mol. The summed E-state index contributed by atoms with van der Waals surface area (Å²) >= 11 is 4.32. The van der Waals surface area contributed by atoms with Crippen LogP contribution in [0.4, 0.5) is 0 Å². The maximum atomic E-state index is 12.3. The molecule has 1 amide bonds. The van der Waals surface area contributed by atoms with Crippen molar-refractivity contribution in [3.63, 3.8) is 0 Å². The van der Waals surface area contributed by atoms with E-state index in [2.05, 4.69) is 12.6 Å². The summed E-state index contributed by atoms with van der Waals surface area (Å²) in [5.74, 6) is 0.0394. The van der Waals surface area contributed by atoms with Crippen molar-refractivity contribution in [1.29, 1.82) is 0 Å². The first kappa shape index (κ1) is 12.5. The highest BCUT2D eigenvalue weighted by molar-refractivity contribution is 7.80. The van der Waals surface area contributed by atoms with E-state index in [-0.39, 0.29) is 18.1 Å². The number of thiol groups is 1. The number of rotatable bonds is 1. The third-order valence-electron chi connectivity index (χ3n) is 2.84. The second-order valence-electron chi connectivity index (χ2n) is 4.48. The van der Waals surface area contributed by atoms with E-state index in [9.17, 15) is 4.79 Å². The molecule has 0 bridgehead atoms. The highest BCUT2D eigenvalue weighted by atomic mass is 32.1. The number of carbonyl (C=O) groups is 1. The van der Waals surface area contributed by atoms with Crippen LogP contribution in [0.15, 0.2) is 29.2 Å². The number of nitrogens with zero attached hydrogens (tertiary/aromatic N) is 1. The number of benzene rings is 1. The summed E-state index contributed by atoms with van der Waals surface area (Å²) < 4.78 is 5.62. The fraction of sp³-hybridized carbons (Fsp3) is 0.462. The minimum absolute atomic E-state index is 0.0394. The average Bonchev–Trinajstić information content (AvgIpc) is 2.27. The predicted octanol–water partition coefficient (Wildman–Crippen LogP) is 2.22. The topological polar surface area (TPSA) is 29.5 Å². The Morgan fingerprint density at radius 3 is 2.47 bits per heavy atom. The van der Waals surface area contributed by atoms with Crippen molar-refractivity contribution in [3.05, 3.63) is 29.8 Å². The third kappa shape index (κ3) is 2.82. The van der Waals surface area contributed by atoms with Gasteiger partial charge in [-0.05, 0) is 26.0 Å². The molecule has 2 atom stereocenters. The van der Waals surface area contributed by atoms with Gasteiger partial charge < -0.3 is 9.64 Å². The number of amides is 1. The molecule has 1 fully saturated rings. The molecule has 0 saturated carbocycles. The largest absolute Gasteiger partial charge is 0.372 e. The van der Waals surface area contributed by atoms with Gasteiger partial charge in [0.2, 0.25) is 0 Å². The summed E-state index contributed by atoms with van der Waals surface area (Å²) in [4.78, 5) is 14.9. The molecule has 1 aliphatic heterocycles. The highest BCUT2D eigenvalue weighted by Crippen LogP contribution is 2.18. The van der Waals surface area contributed by atoms with E-state index in [1.165, 1.54) is 0 Å². The van der Waals surface area contributed by atoms with Gasteiger partial charge in [-0.3, -0.25) is 4.79 Å². The van der Waals surface area contributed by atoms with Crippen molar-refractivity contribution < 1.29 is 9.53 Å². The molecule has 1 aliphatic rings. The van der Waals surface area contributed by atoms with Gasteiger partial charge in [0, 0.05) is 18.0 Å². The Labute approximate surface area is 107 Å². The first-order valence-corrected chi connectivity index (χ1v) is 6.25. The minimum Gasteiger partial charge on any atom is -0.372 e. The van der Waals surface area contributed by atoms with Crippen LogP contribution in [-0.4, -0.2) is 36.1 Å². The van der Waals surface area contributed by atoms with Crippen molar-refractivity contribution >= 4 is 18.5 Å². The Morgan fingerprint density at radius 2 is 1.88 bits per heavy atom. The lowest BCUT2D eigenvalue weighted by Crippen LogP contribution is -2.48. The van der Waals surface area contributed by atoms with Gasteiger partial charge in [0.15, 0.2) is 0 Å². The first-order valence-electron chi connectivity index (χ1n) is 5.80. The molecule has 1 aromatic carbocycles. The Kier molecular flexibility index (Phi) is 3.74. The second-order valence-corrected chi connectivity index (χ2v) is 4.97. The zero-order valence-electron chi connectivity index (χ0n) is 10.1. The molecule has 3 nitrogen and oxygen atoms in total. The van der Waals surface area contributed by atoms with E-state index in [1.54, 1.807) is 0 Å². The molecule has 0 unspecified atom stereocenters. The van der Waals surface area contributed by atoms with Gasteiger partial charge in [0.1, 0.15) is 0 Å². The molecule has 0 spiro atoms. The summed E-state index contributed by atoms with van der Waals surface area (Å²) in [5.41, 5.74) is 0.664. The minimum atomic E-state index is 0.0394. The summed E-state index contributed by atoms with van der Waals surface area (Å²) in [6.07, 6.45) is 0.185. The van der Waals surface area contributed by atoms with Crippen molar-refractivity contribution in [2.45, 2.75) is 31.0 Å². The zero-order chi connectivity index (χ0) is 12.4. The van der Waals surface area contributed by atoms with Crippen LogP contribution in [0.5, 0.6) is 0 Å². The Hall–Kier alpha value is -1.00. The van der Waals surface area contributed by atoms with Crippen LogP contribution >= 0.6 is 12.6 Å². The number of morpholine rings is 1. The number of hydrogen-bond donors (Lipinski definition) is 1. The van der Waals surface area contributed by atoms with Crippen LogP contribution in [0.2, 0.25) is 0 Å². The molecule has 0 N–H and O–H groups in total. The molecular formula is C13H17NO2S. The fourth-order valence-electron chi connectivity index (χ4n) is 2.17. The molecule has 17 heavy (non-hydrogen) atoms. The quantitative estimate of drug-likeness (QED) is 0.776. The molecule has 1 heterocycles. The second kappa shape index (κ2) is 5.10. The van der Waals surface area contributed by atoms with Crippen molar-refractivity contribution in [3.8, 4) is 0 Å².